The average Bonchev–Trinajstić information content (AvgIpc) is 2.98. The lowest BCUT2D eigenvalue weighted by Crippen LogP contribution is -2.71. The van der Waals surface area contributed by atoms with E-state index >= 15 is 0 Å². The number of aliphatic hydroxyl groups is 4. The number of rotatable bonds is 7. The van der Waals surface area contributed by atoms with Crippen LogP contribution in [0.4, 0.5) is 0 Å². The number of hydrogen-bond acceptors (Lipinski definition) is 14. The predicted octanol–water partition coefficient (Wildman–Crippen LogP) is 0.819. The van der Waals surface area contributed by atoms with Crippen molar-refractivity contribution in [2.75, 3.05) is 6.61 Å². The molecule has 230 valence electrons. The summed E-state index contributed by atoms with van der Waals surface area (Å²) >= 11 is 0. The van der Waals surface area contributed by atoms with E-state index in [4.69, 9.17) is 13.9 Å². The molecule has 3 aromatic carbocycles. The van der Waals surface area contributed by atoms with Gasteiger partial charge in [-0.15, -0.1) is 0 Å². The molecule has 1 aromatic heterocycles. The molecule has 5 rings (SSSR count). The van der Waals surface area contributed by atoms with Crippen LogP contribution in [-0.2, 0) is 9.53 Å². The molecule has 0 radical (unpaired) electrons. The zero-order valence-corrected chi connectivity index (χ0v) is 22.4. The van der Waals surface area contributed by atoms with Crippen molar-refractivity contribution in [3.8, 4) is 45.8 Å². The number of fused-ring (bicyclic) bond motifs is 1. The van der Waals surface area contributed by atoms with E-state index in [0.29, 0.717) is 5.56 Å². The number of ether oxygens (including phenoxy) is 2. The molecular formula is C30H26O14. The summed E-state index contributed by atoms with van der Waals surface area (Å²) in [5.74, 6) is -5.05. The average molecular weight is 611 g/mol. The Morgan fingerprint density at radius 1 is 0.909 bits per heavy atom. The maximum Gasteiger partial charge on any atom is 0.240 e. The van der Waals surface area contributed by atoms with Crippen molar-refractivity contribution in [1.29, 1.82) is 0 Å². The first-order valence-corrected chi connectivity index (χ1v) is 12.9. The summed E-state index contributed by atoms with van der Waals surface area (Å²) in [6.45, 7) is -0.920. The Morgan fingerprint density at radius 2 is 1.61 bits per heavy atom. The Balaban J connectivity index is 1.67. The highest BCUT2D eigenvalue weighted by Gasteiger charge is 2.60. The summed E-state index contributed by atoms with van der Waals surface area (Å²) in [5.41, 5.74) is -4.30. The van der Waals surface area contributed by atoms with E-state index < -0.39 is 87.9 Å². The van der Waals surface area contributed by atoms with E-state index in [1.54, 1.807) is 0 Å². The number of aliphatic hydroxyl groups excluding tert-OH is 3. The minimum Gasteiger partial charge on any atom is -0.508 e. The number of benzene rings is 3. The fourth-order valence-corrected chi connectivity index (χ4v) is 4.70. The highest BCUT2D eigenvalue weighted by molar-refractivity contribution is 6.01. The van der Waals surface area contributed by atoms with Crippen molar-refractivity contribution in [1.82, 2.24) is 0 Å². The standard InChI is InChI=1S/C30H26O14/c31-12-21-24(38)28(40)30(41,22(37)8-3-13-1-5-15(32)6-2-13)29(43-21)44-27-25(39)23-19(36)10-16(33)11-20(23)42-26(27)14-4-7-17(34)18(35)9-14/h1-11,21,24,28-29,31-36,38,40-41H,12H2/t21-,24-,28+,29?,30-/m1/s1. The minimum atomic E-state index is -3.12. The van der Waals surface area contributed by atoms with Gasteiger partial charge in [0.2, 0.25) is 23.1 Å². The van der Waals surface area contributed by atoms with Crippen LogP contribution in [0, 0.1) is 0 Å². The molecule has 1 aliphatic rings. The zero-order chi connectivity index (χ0) is 31.9. The summed E-state index contributed by atoms with van der Waals surface area (Å²) in [5, 5.41) is 92.0. The van der Waals surface area contributed by atoms with Gasteiger partial charge in [-0.2, -0.15) is 0 Å². The Labute approximate surface area is 246 Å². The third-order valence-electron chi connectivity index (χ3n) is 7.09. The van der Waals surface area contributed by atoms with Crippen LogP contribution in [0.1, 0.15) is 5.56 Å². The van der Waals surface area contributed by atoms with E-state index in [1.165, 1.54) is 36.4 Å². The molecule has 0 amide bonds. The highest BCUT2D eigenvalue weighted by Crippen LogP contribution is 2.41. The van der Waals surface area contributed by atoms with Crippen molar-refractivity contribution < 1.29 is 64.6 Å². The van der Waals surface area contributed by atoms with Crippen LogP contribution in [-0.4, -0.2) is 88.6 Å². The van der Waals surface area contributed by atoms with Gasteiger partial charge in [0.15, 0.2) is 23.0 Å². The molecule has 44 heavy (non-hydrogen) atoms. The third kappa shape index (κ3) is 5.27. The van der Waals surface area contributed by atoms with Crippen molar-refractivity contribution in [2.45, 2.75) is 30.2 Å². The van der Waals surface area contributed by atoms with Gasteiger partial charge in [-0.3, -0.25) is 9.59 Å². The van der Waals surface area contributed by atoms with E-state index in [-0.39, 0.29) is 16.9 Å². The van der Waals surface area contributed by atoms with Gasteiger partial charge in [0.1, 0.15) is 46.5 Å². The summed E-state index contributed by atoms with van der Waals surface area (Å²) in [6, 6.07) is 10.6. The maximum absolute atomic E-state index is 13.7. The lowest BCUT2D eigenvalue weighted by Gasteiger charge is -2.46. The first-order valence-electron chi connectivity index (χ1n) is 12.9. The minimum absolute atomic E-state index is 0.0527. The third-order valence-corrected chi connectivity index (χ3v) is 7.09. The van der Waals surface area contributed by atoms with Crippen LogP contribution in [0.5, 0.6) is 34.5 Å². The number of phenols is 5. The lowest BCUT2D eigenvalue weighted by molar-refractivity contribution is -0.307. The first-order chi connectivity index (χ1) is 20.8. The lowest BCUT2D eigenvalue weighted by atomic mass is 9.82. The van der Waals surface area contributed by atoms with E-state index in [9.17, 15) is 55.5 Å². The van der Waals surface area contributed by atoms with Gasteiger partial charge in [0.05, 0.1) is 6.61 Å². The Morgan fingerprint density at radius 3 is 2.27 bits per heavy atom. The van der Waals surface area contributed by atoms with Gasteiger partial charge in [-0.25, -0.2) is 0 Å². The van der Waals surface area contributed by atoms with Gasteiger partial charge in [-0.1, -0.05) is 18.2 Å². The van der Waals surface area contributed by atoms with Crippen molar-refractivity contribution in [3.05, 3.63) is 76.5 Å². The molecule has 1 saturated heterocycles. The van der Waals surface area contributed by atoms with E-state index in [1.807, 2.05) is 0 Å². The Bertz CT molecular complexity index is 1810. The normalized spacial score (nSPS) is 23.6. The second-order valence-corrected chi connectivity index (χ2v) is 9.99. The second-order valence-electron chi connectivity index (χ2n) is 9.99. The van der Waals surface area contributed by atoms with Gasteiger partial charge >= 0.3 is 0 Å². The topological polar surface area (TPSA) is 248 Å². The fraction of sp³-hybridized carbons (Fsp3) is 0.200. The molecule has 0 aliphatic carbocycles. The SMILES string of the molecule is O=C(C=Cc1ccc(O)cc1)[C@]1(O)C(Oc2c(-c3ccc(O)c(O)c3)oc3cc(O)cc(O)c3c2=O)O[C@H](CO)[C@@H](O)[C@@H]1O. The van der Waals surface area contributed by atoms with Crippen LogP contribution in [0.3, 0.4) is 0 Å². The van der Waals surface area contributed by atoms with Crippen molar-refractivity contribution in [2.24, 2.45) is 0 Å². The molecule has 14 nitrogen and oxygen atoms in total. The van der Waals surface area contributed by atoms with Crippen LogP contribution in [0.15, 0.2) is 69.9 Å². The Hall–Kier alpha value is -5.12. The van der Waals surface area contributed by atoms with Gasteiger partial charge < -0.3 is 59.8 Å². The van der Waals surface area contributed by atoms with Crippen LogP contribution < -0.4 is 10.2 Å². The number of phenolic OH excluding ortho intramolecular Hbond substituents is 5. The number of hydrogen-bond donors (Lipinski definition) is 9. The monoisotopic (exact) mass is 610 g/mol. The van der Waals surface area contributed by atoms with Gasteiger partial charge in [0.25, 0.3) is 0 Å². The molecule has 0 saturated carbocycles. The zero-order valence-electron chi connectivity index (χ0n) is 22.4. The summed E-state index contributed by atoms with van der Waals surface area (Å²) in [6.07, 6.45) is -6.23. The first kappa shape index (κ1) is 30.3. The molecule has 1 unspecified atom stereocenters. The number of carbonyl (C=O) groups excluding carboxylic acids is 1. The smallest absolute Gasteiger partial charge is 0.240 e. The molecular weight excluding hydrogens is 584 g/mol. The number of ketones is 1. The molecule has 0 bridgehead atoms. The van der Waals surface area contributed by atoms with E-state index in [0.717, 1.165) is 30.3 Å². The van der Waals surface area contributed by atoms with Crippen molar-refractivity contribution >= 4 is 22.8 Å². The maximum atomic E-state index is 13.7. The van der Waals surface area contributed by atoms with Crippen LogP contribution >= 0.6 is 0 Å². The van der Waals surface area contributed by atoms with Crippen LogP contribution in [0.2, 0.25) is 0 Å². The summed E-state index contributed by atoms with van der Waals surface area (Å²) < 4.78 is 17.0. The summed E-state index contributed by atoms with van der Waals surface area (Å²) in [4.78, 5) is 27.2. The fourth-order valence-electron chi connectivity index (χ4n) is 4.70. The molecule has 1 aliphatic heterocycles. The molecule has 0 spiro atoms. The number of aromatic hydroxyl groups is 5. The second kappa shape index (κ2) is 11.5. The van der Waals surface area contributed by atoms with Gasteiger partial charge in [0, 0.05) is 17.7 Å². The molecule has 2 heterocycles. The predicted molar refractivity (Wildman–Crippen MR) is 150 cm³/mol. The number of carbonyl (C=O) groups is 1. The summed E-state index contributed by atoms with van der Waals surface area (Å²) in [7, 11) is 0. The largest absolute Gasteiger partial charge is 0.508 e. The Kier molecular flexibility index (Phi) is 7.94. The van der Waals surface area contributed by atoms with Crippen molar-refractivity contribution in [3.63, 3.8) is 0 Å². The molecule has 9 N–H and O–H groups in total. The molecule has 5 atom stereocenters. The van der Waals surface area contributed by atoms with Crippen LogP contribution in [0.25, 0.3) is 28.4 Å². The van der Waals surface area contributed by atoms with E-state index in [2.05, 4.69) is 0 Å². The molecule has 14 heteroatoms. The molecule has 1 fully saturated rings. The van der Waals surface area contributed by atoms with Gasteiger partial charge in [-0.05, 0) is 42.0 Å². The highest BCUT2D eigenvalue weighted by atomic mass is 16.7. The molecule has 4 aromatic rings. The quantitative estimate of drug-likeness (QED) is 0.104.